The normalized spacial score (nSPS) is 14.2. The Hall–Kier alpha value is -1.26. The monoisotopic (exact) mass is 196 g/mol. The van der Waals surface area contributed by atoms with Crippen LogP contribution in [0.25, 0.3) is 0 Å². The van der Waals surface area contributed by atoms with E-state index in [0.717, 1.165) is 25.2 Å². The van der Waals surface area contributed by atoms with Crippen molar-refractivity contribution in [3.63, 3.8) is 0 Å². The third-order valence-corrected chi connectivity index (χ3v) is 0.912. The summed E-state index contributed by atoms with van der Waals surface area (Å²) in [6.07, 6.45) is -2.25. The molecule has 0 saturated carbocycles. The van der Waals surface area contributed by atoms with E-state index in [1.54, 1.807) is 0 Å². The van der Waals surface area contributed by atoms with Gasteiger partial charge in [0.25, 0.3) is 0 Å². The summed E-state index contributed by atoms with van der Waals surface area (Å²) in [5, 5.41) is 0. The Labute approximate surface area is 73.0 Å². The summed E-state index contributed by atoms with van der Waals surface area (Å²) in [5.74, 6) is -1.17. The summed E-state index contributed by atoms with van der Waals surface area (Å²) in [6, 6.07) is 0. The van der Waals surface area contributed by atoms with E-state index in [1.165, 1.54) is 0 Å². The van der Waals surface area contributed by atoms with E-state index in [9.17, 15) is 17.6 Å². The highest BCUT2D eigenvalue weighted by molar-refractivity contribution is 5.17. The zero-order valence-electron chi connectivity index (χ0n) is 6.86. The number of alkyl halides is 3. The standard InChI is InChI=1S/C8H8F4O/c1-3-7(5-4-6(2)9)13-8(10,11)12/h3-5H,1H2,2H3/b6-4+,7-5+. The van der Waals surface area contributed by atoms with E-state index in [4.69, 9.17) is 0 Å². The highest BCUT2D eigenvalue weighted by Gasteiger charge is 2.31. The van der Waals surface area contributed by atoms with Crippen molar-refractivity contribution in [2.75, 3.05) is 0 Å². The molecule has 13 heavy (non-hydrogen) atoms. The number of halogens is 4. The molecule has 5 heteroatoms. The second-order valence-corrected chi connectivity index (χ2v) is 2.07. The van der Waals surface area contributed by atoms with Gasteiger partial charge < -0.3 is 4.74 Å². The van der Waals surface area contributed by atoms with E-state index >= 15 is 0 Å². The van der Waals surface area contributed by atoms with Gasteiger partial charge in [-0.1, -0.05) is 6.58 Å². The quantitative estimate of drug-likeness (QED) is 0.381. The molecule has 0 bridgehead atoms. The SMILES string of the molecule is C=C/C(=C\C=C(/C)F)OC(F)(F)F. The van der Waals surface area contributed by atoms with E-state index in [0.29, 0.717) is 0 Å². The zero-order valence-corrected chi connectivity index (χ0v) is 6.86. The molecule has 0 aliphatic heterocycles. The van der Waals surface area contributed by atoms with Crippen molar-refractivity contribution >= 4 is 0 Å². The number of rotatable bonds is 3. The van der Waals surface area contributed by atoms with E-state index in [-0.39, 0.29) is 0 Å². The van der Waals surface area contributed by atoms with Crippen LogP contribution in [0.3, 0.4) is 0 Å². The first-order valence-corrected chi connectivity index (χ1v) is 3.27. The highest BCUT2D eigenvalue weighted by Crippen LogP contribution is 2.21. The summed E-state index contributed by atoms with van der Waals surface area (Å²) in [5.41, 5.74) is 0. The Morgan fingerprint density at radius 3 is 2.15 bits per heavy atom. The van der Waals surface area contributed by atoms with Gasteiger partial charge in [-0.05, 0) is 25.2 Å². The van der Waals surface area contributed by atoms with Gasteiger partial charge in [0, 0.05) is 0 Å². The first-order chi connectivity index (χ1) is 5.85. The van der Waals surface area contributed by atoms with Crippen LogP contribution >= 0.6 is 0 Å². The Morgan fingerprint density at radius 2 is 1.85 bits per heavy atom. The van der Waals surface area contributed by atoms with Crippen molar-refractivity contribution in [3.05, 3.63) is 36.4 Å². The van der Waals surface area contributed by atoms with Crippen molar-refractivity contribution in [2.24, 2.45) is 0 Å². The van der Waals surface area contributed by atoms with Crippen molar-refractivity contribution in [1.82, 2.24) is 0 Å². The first-order valence-electron chi connectivity index (χ1n) is 3.27. The lowest BCUT2D eigenvalue weighted by Crippen LogP contribution is -2.11. The summed E-state index contributed by atoms with van der Waals surface area (Å²) >= 11 is 0. The lowest BCUT2D eigenvalue weighted by atomic mass is 10.4. The molecule has 0 spiro atoms. The maximum atomic E-state index is 12.1. The molecule has 0 rings (SSSR count). The lowest BCUT2D eigenvalue weighted by Gasteiger charge is -2.08. The molecule has 74 valence electrons. The van der Waals surface area contributed by atoms with Gasteiger partial charge in [-0.3, -0.25) is 0 Å². The third kappa shape index (κ3) is 7.11. The van der Waals surface area contributed by atoms with Gasteiger partial charge in [0.2, 0.25) is 0 Å². The fourth-order valence-corrected chi connectivity index (χ4v) is 0.474. The Bertz CT molecular complexity index is 233. The summed E-state index contributed by atoms with van der Waals surface area (Å²) in [4.78, 5) is 0. The molecule has 0 aliphatic carbocycles. The van der Waals surface area contributed by atoms with Gasteiger partial charge in [-0.15, -0.1) is 13.2 Å². The average molecular weight is 196 g/mol. The second-order valence-electron chi connectivity index (χ2n) is 2.07. The maximum Gasteiger partial charge on any atom is 0.573 e. The maximum absolute atomic E-state index is 12.1. The molecule has 0 aliphatic rings. The molecule has 1 nitrogen and oxygen atoms in total. The average Bonchev–Trinajstić information content (AvgIpc) is 1.95. The van der Waals surface area contributed by atoms with Gasteiger partial charge in [0.05, 0.1) is 5.83 Å². The molecule has 0 aromatic rings. The zero-order chi connectivity index (χ0) is 10.5. The number of hydrogen-bond acceptors (Lipinski definition) is 1. The van der Waals surface area contributed by atoms with Gasteiger partial charge in [0.1, 0.15) is 5.76 Å². The highest BCUT2D eigenvalue weighted by atomic mass is 19.4. The van der Waals surface area contributed by atoms with E-state index in [1.807, 2.05) is 0 Å². The molecular weight excluding hydrogens is 188 g/mol. The van der Waals surface area contributed by atoms with Crippen LogP contribution in [0.15, 0.2) is 36.4 Å². The molecule has 0 atom stereocenters. The fourth-order valence-electron chi connectivity index (χ4n) is 0.474. The molecule has 0 aromatic heterocycles. The topological polar surface area (TPSA) is 9.23 Å². The van der Waals surface area contributed by atoms with E-state index in [2.05, 4.69) is 11.3 Å². The van der Waals surface area contributed by atoms with Gasteiger partial charge in [0.15, 0.2) is 0 Å². The summed E-state index contributed by atoms with van der Waals surface area (Å²) in [6.45, 7) is 4.18. The summed E-state index contributed by atoms with van der Waals surface area (Å²) < 4.78 is 50.3. The Kier molecular flexibility index (Phi) is 4.23. The molecule has 0 amide bonds. The third-order valence-electron chi connectivity index (χ3n) is 0.912. The molecule has 0 saturated heterocycles. The van der Waals surface area contributed by atoms with Gasteiger partial charge in [-0.25, -0.2) is 4.39 Å². The van der Waals surface area contributed by atoms with Crippen molar-refractivity contribution in [1.29, 1.82) is 0 Å². The number of allylic oxidation sites excluding steroid dienone is 4. The molecule has 0 aromatic carbocycles. The minimum absolute atomic E-state index is 0.551. The minimum atomic E-state index is -4.78. The van der Waals surface area contributed by atoms with Gasteiger partial charge in [-0.2, -0.15) is 0 Å². The second kappa shape index (κ2) is 4.69. The van der Waals surface area contributed by atoms with Crippen LogP contribution in [0.5, 0.6) is 0 Å². The van der Waals surface area contributed by atoms with Crippen molar-refractivity contribution in [3.8, 4) is 0 Å². The largest absolute Gasteiger partial charge is 0.573 e. The number of hydrogen-bond donors (Lipinski definition) is 0. The number of ether oxygens (including phenoxy) is 1. The molecule has 0 N–H and O–H groups in total. The smallest absolute Gasteiger partial charge is 0.406 e. The van der Waals surface area contributed by atoms with Crippen LogP contribution in [-0.4, -0.2) is 6.36 Å². The van der Waals surface area contributed by atoms with Crippen LogP contribution in [0.1, 0.15) is 6.92 Å². The molecular formula is C8H8F4O. The van der Waals surface area contributed by atoms with Crippen LogP contribution in [-0.2, 0) is 4.74 Å². The molecule has 0 radical (unpaired) electrons. The van der Waals surface area contributed by atoms with Crippen LogP contribution < -0.4 is 0 Å². The minimum Gasteiger partial charge on any atom is -0.406 e. The van der Waals surface area contributed by atoms with Crippen LogP contribution in [0.4, 0.5) is 17.6 Å². The predicted octanol–water partition coefficient (Wildman–Crippen LogP) is 3.47. The molecule has 0 fully saturated rings. The van der Waals surface area contributed by atoms with Crippen molar-refractivity contribution < 1.29 is 22.3 Å². The van der Waals surface area contributed by atoms with Gasteiger partial charge >= 0.3 is 6.36 Å². The first kappa shape index (κ1) is 11.7. The van der Waals surface area contributed by atoms with Crippen LogP contribution in [0, 0.1) is 0 Å². The van der Waals surface area contributed by atoms with Crippen LogP contribution in [0.2, 0.25) is 0 Å². The molecule has 0 heterocycles. The predicted molar refractivity (Wildman–Crippen MR) is 40.3 cm³/mol. The lowest BCUT2D eigenvalue weighted by molar-refractivity contribution is -0.303. The van der Waals surface area contributed by atoms with Crippen molar-refractivity contribution in [2.45, 2.75) is 13.3 Å². The van der Waals surface area contributed by atoms with E-state index < -0.39 is 17.9 Å². The Balaban J connectivity index is 4.44. The molecule has 0 unspecified atom stereocenters. The Morgan fingerprint density at radius 1 is 1.31 bits per heavy atom. The summed E-state index contributed by atoms with van der Waals surface area (Å²) in [7, 11) is 0. The fraction of sp³-hybridized carbons (Fsp3) is 0.250.